The molecule has 0 spiro atoms. The molecule has 0 radical (unpaired) electrons. The quantitative estimate of drug-likeness (QED) is 0.556. The highest BCUT2D eigenvalue weighted by Gasteiger charge is 2.12. The molecule has 6 nitrogen and oxygen atoms in total. The van der Waals surface area contributed by atoms with Crippen molar-refractivity contribution in [1.82, 2.24) is 14.6 Å². The minimum Gasteiger partial charge on any atom is -0.497 e. The first kappa shape index (κ1) is 16.3. The molecule has 2 aromatic heterocycles. The van der Waals surface area contributed by atoms with E-state index < -0.39 is 0 Å². The van der Waals surface area contributed by atoms with E-state index in [0.717, 1.165) is 11.1 Å². The fourth-order valence-corrected chi connectivity index (χ4v) is 3.52. The Morgan fingerprint density at radius 2 is 1.88 bits per heavy atom. The van der Waals surface area contributed by atoms with Crippen molar-refractivity contribution in [1.29, 1.82) is 0 Å². The maximum Gasteiger partial charge on any atom is 0.291 e. The third kappa shape index (κ3) is 2.82. The van der Waals surface area contributed by atoms with Crippen LogP contribution in [0.15, 0.2) is 53.3 Å². The number of rotatable bonds is 4. The van der Waals surface area contributed by atoms with Crippen molar-refractivity contribution in [3.05, 3.63) is 69.0 Å². The minimum absolute atomic E-state index is 0.197. The Labute approximate surface area is 153 Å². The van der Waals surface area contributed by atoms with E-state index in [0.29, 0.717) is 26.8 Å². The summed E-state index contributed by atoms with van der Waals surface area (Å²) in [6, 6.07) is 15.0. The molecular formula is C19H15N3O3S. The van der Waals surface area contributed by atoms with Crippen molar-refractivity contribution in [3.8, 4) is 22.9 Å². The molecule has 4 rings (SSSR count). The molecule has 130 valence electrons. The van der Waals surface area contributed by atoms with E-state index >= 15 is 0 Å². The van der Waals surface area contributed by atoms with Gasteiger partial charge in [-0.3, -0.25) is 4.79 Å². The molecule has 0 saturated heterocycles. The summed E-state index contributed by atoms with van der Waals surface area (Å²) in [6.45, 7) is 0. The van der Waals surface area contributed by atoms with Crippen LogP contribution >= 0.6 is 11.3 Å². The Hall–Kier alpha value is -3.19. The second-order valence-corrected chi connectivity index (χ2v) is 6.53. The number of methoxy groups -OCH3 is 2. The summed E-state index contributed by atoms with van der Waals surface area (Å²) < 4.78 is 12.5. The second-order valence-electron chi connectivity index (χ2n) is 5.52. The van der Waals surface area contributed by atoms with Crippen LogP contribution in [0.2, 0.25) is 0 Å². The predicted octanol–water partition coefficient (Wildman–Crippen LogP) is 2.38. The number of thiazole rings is 1. The largest absolute Gasteiger partial charge is 0.497 e. The van der Waals surface area contributed by atoms with E-state index in [1.165, 1.54) is 15.9 Å². The van der Waals surface area contributed by atoms with E-state index in [4.69, 9.17) is 9.47 Å². The van der Waals surface area contributed by atoms with Crippen LogP contribution in [0.4, 0.5) is 0 Å². The third-order valence-electron chi connectivity index (χ3n) is 3.94. The van der Waals surface area contributed by atoms with Crippen molar-refractivity contribution >= 4 is 22.4 Å². The van der Waals surface area contributed by atoms with E-state index in [9.17, 15) is 4.79 Å². The summed E-state index contributed by atoms with van der Waals surface area (Å²) in [5.41, 5.74) is 1.47. The van der Waals surface area contributed by atoms with Gasteiger partial charge in [-0.15, -0.1) is 5.10 Å². The van der Waals surface area contributed by atoms with Crippen molar-refractivity contribution < 1.29 is 9.47 Å². The highest BCUT2D eigenvalue weighted by atomic mass is 32.1. The summed E-state index contributed by atoms with van der Waals surface area (Å²) in [4.78, 5) is 17.7. The second kappa shape index (κ2) is 6.61. The zero-order chi connectivity index (χ0) is 18.1. The summed E-state index contributed by atoms with van der Waals surface area (Å²) in [7, 11) is 3.18. The maximum atomic E-state index is 12.7. The molecule has 26 heavy (non-hydrogen) atoms. The van der Waals surface area contributed by atoms with Crippen LogP contribution < -0.4 is 19.6 Å². The van der Waals surface area contributed by atoms with E-state index in [1.807, 2.05) is 42.5 Å². The standard InChI is InChI=1S/C19H15N3O3S/c1-24-14-9-8-13(15(11-14)25-2)10-16-18(23)22-19(26-16)20-17(21-22)12-6-4-3-5-7-12/h3-11H,1-2H3/b16-10+. The Balaban J connectivity index is 1.81. The van der Waals surface area contributed by atoms with E-state index in [1.54, 1.807) is 26.4 Å². The lowest BCUT2D eigenvalue weighted by molar-refractivity contribution is 0.393. The highest BCUT2D eigenvalue weighted by molar-refractivity contribution is 7.15. The highest BCUT2D eigenvalue weighted by Crippen LogP contribution is 2.25. The molecule has 0 saturated carbocycles. The summed E-state index contributed by atoms with van der Waals surface area (Å²) in [5.74, 6) is 1.87. The number of ether oxygens (including phenoxy) is 2. The molecule has 0 aliphatic carbocycles. The Kier molecular flexibility index (Phi) is 4.14. The molecule has 0 bridgehead atoms. The topological polar surface area (TPSA) is 65.7 Å². The van der Waals surface area contributed by atoms with Gasteiger partial charge in [0, 0.05) is 17.2 Å². The zero-order valence-electron chi connectivity index (χ0n) is 14.2. The van der Waals surface area contributed by atoms with Crippen molar-refractivity contribution in [3.63, 3.8) is 0 Å². The summed E-state index contributed by atoms with van der Waals surface area (Å²) in [6.07, 6.45) is 1.78. The fraction of sp³-hybridized carbons (Fsp3) is 0.105. The number of hydrogen-bond donors (Lipinski definition) is 0. The molecule has 0 fully saturated rings. The number of nitrogens with zero attached hydrogens (tertiary/aromatic N) is 3. The third-order valence-corrected chi connectivity index (χ3v) is 4.90. The van der Waals surface area contributed by atoms with Gasteiger partial charge < -0.3 is 9.47 Å². The first-order valence-electron chi connectivity index (χ1n) is 7.88. The zero-order valence-corrected chi connectivity index (χ0v) is 15.0. The Morgan fingerprint density at radius 3 is 2.58 bits per heavy atom. The monoisotopic (exact) mass is 365 g/mol. The normalized spacial score (nSPS) is 11.8. The van der Waals surface area contributed by atoms with Crippen molar-refractivity contribution in [2.75, 3.05) is 14.2 Å². The number of aromatic nitrogens is 3. The first-order chi connectivity index (χ1) is 12.7. The summed E-state index contributed by atoms with van der Waals surface area (Å²) in [5, 5.41) is 4.35. The number of hydrogen-bond acceptors (Lipinski definition) is 6. The molecule has 2 heterocycles. The van der Waals surface area contributed by atoms with Crippen LogP contribution in [0.1, 0.15) is 5.56 Å². The van der Waals surface area contributed by atoms with Crippen LogP contribution in [0.5, 0.6) is 11.5 Å². The van der Waals surface area contributed by atoms with Gasteiger partial charge in [-0.2, -0.15) is 9.50 Å². The van der Waals surface area contributed by atoms with Gasteiger partial charge in [0.05, 0.1) is 18.8 Å². The predicted molar refractivity (Wildman–Crippen MR) is 101 cm³/mol. The minimum atomic E-state index is -0.197. The van der Waals surface area contributed by atoms with Gasteiger partial charge in [0.25, 0.3) is 5.56 Å². The van der Waals surface area contributed by atoms with Gasteiger partial charge in [0.15, 0.2) is 5.82 Å². The van der Waals surface area contributed by atoms with Crippen LogP contribution in [0, 0.1) is 0 Å². The molecule has 0 aliphatic heterocycles. The first-order valence-corrected chi connectivity index (χ1v) is 8.70. The molecule has 0 atom stereocenters. The maximum absolute atomic E-state index is 12.7. The van der Waals surface area contributed by atoms with Gasteiger partial charge in [0.1, 0.15) is 11.5 Å². The van der Waals surface area contributed by atoms with Crippen LogP contribution in [0.25, 0.3) is 22.4 Å². The lowest BCUT2D eigenvalue weighted by atomic mass is 10.2. The molecule has 0 N–H and O–H groups in total. The Bertz CT molecular complexity index is 1180. The van der Waals surface area contributed by atoms with Crippen LogP contribution in [-0.2, 0) is 0 Å². The smallest absolute Gasteiger partial charge is 0.291 e. The van der Waals surface area contributed by atoms with Crippen LogP contribution in [0.3, 0.4) is 0 Å². The average Bonchev–Trinajstić information content (AvgIpc) is 3.22. The average molecular weight is 365 g/mol. The van der Waals surface area contributed by atoms with E-state index in [-0.39, 0.29) is 5.56 Å². The molecule has 4 aromatic rings. The SMILES string of the molecule is COc1ccc(/C=c2/sc3nc(-c4ccccc4)nn3c2=O)c(OC)c1. The lowest BCUT2D eigenvalue weighted by Crippen LogP contribution is -2.23. The Morgan fingerprint density at radius 1 is 1.08 bits per heavy atom. The molecule has 0 aliphatic rings. The van der Waals surface area contributed by atoms with Crippen molar-refractivity contribution in [2.24, 2.45) is 0 Å². The molecule has 0 amide bonds. The van der Waals surface area contributed by atoms with Gasteiger partial charge in [0.2, 0.25) is 4.96 Å². The van der Waals surface area contributed by atoms with Gasteiger partial charge >= 0.3 is 0 Å². The lowest BCUT2D eigenvalue weighted by Gasteiger charge is -2.06. The van der Waals surface area contributed by atoms with Gasteiger partial charge in [-0.05, 0) is 18.2 Å². The molecule has 0 unspecified atom stereocenters. The molecule has 2 aromatic carbocycles. The number of fused-ring (bicyclic) bond motifs is 1. The van der Waals surface area contributed by atoms with Crippen molar-refractivity contribution in [2.45, 2.75) is 0 Å². The fourth-order valence-electron chi connectivity index (χ4n) is 2.62. The number of benzene rings is 2. The summed E-state index contributed by atoms with van der Waals surface area (Å²) >= 11 is 1.30. The van der Waals surface area contributed by atoms with E-state index in [2.05, 4.69) is 10.1 Å². The molecule has 7 heteroatoms. The van der Waals surface area contributed by atoms with Gasteiger partial charge in [-0.1, -0.05) is 41.7 Å². The molecular weight excluding hydrogens is 350 g/mol. The van der Waals surface area contributed by atoms with Crippen LogP contribution in [-0.4, -0.2) is 28.8 Å². The van der Waals surface area contributed by atoms with Gasteiger partial charge in [-0.25, -0.2) is 0 Å².